The number of rotatable bonds is 5. The van der Waals surface area contributed by atoms with Gasteiger partial charge in [-0.1, -0.05) is 34.1 Å². The van der Waals surface area contributed by atoms with Crippen LogP contribution < -0.4 is 4.74 Å². The predicted octanol–water partition coefficient (Wildman–Crippen LogP) is 5.68. The van der Waals surface area contributed by atoms with Gasteiger partial charge in [-0.15, -0.1) is 0 Å². The van der Waals surface area contributed by atoms with E-state index in [4.69, 9.17) is 9.47 Å². The fourth-order valence-electron chi connectivity index (χ4n) is 2.93. The first-order valence-electron chi connectivity index (χ1n) is 9.35. The molecule has 10 heteroatoms. The minimum absolute atomic E-state index is 0.0121. The van der Waals surface area contributed by atoms with Crippen molar-refractivity contribution in [2.24, 2.45) is 4.99 Å². The van der Waals surface area contributed by atoms with E-state index in [1.807, 2.05) is 0 Å². The summed E-state index contributed by atoms with van der Waals surface area (Å²) in [6.45, 7) is 0. The van der Waals surface area contributed by atoms with Crippen LogP contribution in [-0.2, 0) is 9.53 Å². The molecule has 0 amide bonds. The maximum atomic E-state index is 12.6. The number of halogens is 2. The summed E-state index contributed by atoms with van der Waals surface area (Å²) in [6.07, 6.45) is 1.43. The molecule has 0 aromatic heterocycles. The molecule has 1 heterocycles. The second-order valence-electron chi connectivity index (χ2n) is 6.70. The Hall–Kier alpha value is -3.63. The first-order valence-corrected chi connectivity index (χ1v) is 10.9. The first-order chi connectivity index (χ1) is 15.8. The van der Waals surface area contributed by atoms with E-state index in [0.717, 1.165) is 0 Å². The smallest absolute Gasteiger partial charge is 0.363 e. The Balaban J connectivity index is 1.68. The van der Waals surface area contributed by atoms with Gasteiger partial charge in [-0.25, -0.2) is 14.6 Å². The molecule has 1 aliphatic heterocycles. The molecule has 0 unspecified atom stereocenters. The zero-order chi connectivity index (χ0) is 23.5. The lowest BCUT2D eigenvalue weighted by Crippen LogP contribution is -2.10. The van der Waals surface area contributed by atoms with E-state index < -0.39 is 16.9 Å². The summed E-state index contributed by atoms with van der Waals surface area (Å²) >= 11 is 6.77. The monoisotopic (exact) mass is 570 g/mol. The summed E-state index contributed by atoms with van der Waals surface area (Å²) in [7, 11) is 0. The Morgan fingerprint density at radius 1 is 1.06 bits per heavy atom. The van der Waals surface area contributed by atoms with Crippen LogP contribution in [0.25, 0.3) is 6.08 Å². The molecule has 0 fully saturated rings. The molecule has 8 nitrogen and oxygen atoms in total. The molecule has 164 valence electrons. The van der Waals surface area contributed by atoms with Gasteiger partial charge in [-0.05, 0) is 58.4 Å². The lowest BCUT2D eigenvalue weighted by atomic mass is 10.1. The van der Waals surface area contributed by atoms with Gasteiger partial charge in [0.2, 0.25) is 5.90 Å². The molecule has 0 spiro atoms. The van der Waals surface area contributed by atoms with Gasteiger partial charge < -0.3 is 9.47 Å². The molecule has 0 N–H and O–H groups in total. The van der Waals surface area contributed by atoms with Crippen molar-refractivity contribution in [1.82, 2.24) is 0 Å². The van der Waals surface area contributed by atoms with E-state index in [9.17, 15) is 19.7 Å². The summed E-state index contributed by atoms with van der Waals surface area (Å²) < 4.78 is 12.0. The van der Waals surface area contributed by atoms with Crippen molar-refractivity contribution in [2.75, 3.05) is 0 Å². The minimum Gasteiger partial charge on any atom is -0.421 e. The molecule has 3 aromatic rings. The number of nitro benzene ring substituents is 1. The number of hydrogen-bond acceptors (Lipinski definition) is 7. The van der Waals surface area contributed by atoms with Crippen LogP contribution in [0.2, 0.25) is 0 Å². The molecule has 0 saturated carbocycles. The molecule has 0 radical (unpaired) electrons. The summed E-state index contributed by atoms with van der Waals surface area (Å²) in [6, 6.07) is 17.3. The van der Waals surface area contributed by atoms with E-state index in [-0.39, 0.29) is 23.0 Å². The SMILES string of the molecule is O=C1OC(c2ccc([N+](=O)[O-])cc2)=N/C1=C\c1cc(Br)cc(Br)c1OC(=O)c1ccccc1. The Morgan fingerprint density at radius 2 is 1.76 bits per heavy atom. The van der Waals surface area contributed by atoms with E-state index in [0.29, 0.717) is 25.6 Å². The molecule has 1 aliphatic rings. The molecule has 4 rings (SSSR count). The third-order valence-corrected chi connectivity index (χ3v) is 5.53. The number of benzene rings is 3. The number of nitrogens with zero attached hydrogens (tertiary/aromatic N) is 2. The molecular weight excluding hydrogens is 560 g/mol. The van der Waals surface area contributed by atoms with Gasteiger partial charge in [-0.3, -0.25) is 10.1 Å². The Kier molecular flexibility index (Phi) is 6.47. The van der Waals surface area contributed by atoms with Crippen molar-refractivity contribution >= 4 is 61.5 Å². The Bertz CT molecular complexity index is 1340. The second kappa shape index (κ2) is 9.47. The maximum Gasteiger partial charge on any atom is 0.363 e. The molecular formula is C23H12Br2N2O6. The topological polar surface area (TPSA) is 108 Å². The fourth-order valence-corrected chi connectivity index (χ4v) is 4.27. The number of nitro groups is 1. The number of non-ortho nitro benzene ring substituents is 1. The second-order valence-corrected chi connectivity index (χ2v) is 8.47. The Morgan fingerprint density at radius 3 is 2.42 bits per heavy atom. The summed E-state index contributed by atoms with van der Waals surface area (Å²) in [5.74, 6) is -1.06. The van der Waals surface area contributed by atoms with Gasteiger partial charge in [-0.2, -0.15) is 0 Å². The van der Waals surface area contributed by atoms with Gasteiger partial charge in [0.15, 0.2) is 11.4 Å². The Labute approximate surface area is 204 Å². The number of carbonyl (C=O) groups is 2. The number of aliphatic imine (C=N–C) groups is 1. The van der Waals surface area contributed by atoms with E-state index in [2.05, 4.69) is 36.9 Å². The van der Waals surface area contributed by atoms with Crippen LogP contribution in [0.5, 0.6) is 5.75 Å². The highest BCUT2D eigenvalue weighted by Gasteiger charge is 2.26. The van der Waals surface area contributed by atoms with Crippen molar-refractivity contribution < 1.29 is 24.0 Å². The highest BCUT2D eigenvalue weighted by Crippen LogP contribution is 2.35. The standard InChI is InChI=1S/C23H12Br2N2O6/c24-16-10-15(20(18(25)12-16)32-22(28)14-4-2-1-3-5-14)11-19-23(29)33-21(26-19)13-6-8-17(9-7-13)27(30)31/h1-12H/b19-11-. The van der Waals surface area contributed by atoms with Crippen molar-refractivity contribution in [3.05, 3.63) is 108 Å². The van der Waals surface area contributed by atoms with E-state index in [1.54, 1.807) is 42.5 Å². The minimum atomic E-state index is -0.709. The highest BCUT2D eigenvalue weighted by molar-refractivity contribution is 9.11. The van der Waals surface area contributed by atoms with Crippen molar-refractivity contribution in [3.63, 3.8) is 0 Å². The third kappa shape index (κ3) is 5.07. The van der Waals surface area contributed by atoms with Crippen LogP contribution in [0.3, 0.4) is 0 Å². The summed E-state index contributed by atoms with van der Waals surface area (Å²) in [4.78, 5) is 39.5. The number of hydrogen-bond donors (Lipinski definition) is 0. The zero-order valence-electron chi connectivity index (χ0n) is 16.5. The van der Waals surface area contributed by atoms with Crippen LogP contribution in [0.15, 0.2) is 86.4 Å². The van der Waals surface area contributed by atoms with E-state index >= 15 is 0 Å². The van der Waals surface area contributed by atoms with Crippen molar-refractivity contribution in [2.45, 2.75) is 0 Å². The van der Waals surface area contributed by atoms with Crippen molar-refractivity contribution in [1.29, 1.82) is 0 Å². The average Bonchev–Trinajstić information content (AvgIpc) is 3.16. The molecule has 0 atom stereocenters. The lowest BCUT2D eigenvalue weighted by Gasteiger charge is -2.11. The quantitative estimate of drug-likeness (QED) is 0.128. The number of carbonyl (C=O) groups excluding carboxylic acids is 2. The third-order valence-electron chi connectivity index (χ3n) is 4.48. The fraction of sp³-hybridized carbons (Fsp3) is 0. The number of cyclic esters (lactones) is 1. The largest absolute Gasteiger partial charge is 0.421 e. The maximum absolute atomic E-state index is 12.6. The van der Waals surface area contributed by atoms with Gasteiger partial charge >= 0.3 is 11.9 Å². The molecule has 33 heavy (non-hydrogen) atoms. The highest BCUT2D eigenvalue weighted by atomic mass is 79.9. The molecule has 0 saturated heterocycles. The average molecular weight is 572 g/mol. The van der Waals surface area contributed by atoms with Crippen LogP contribution in [0.4, 0.5) is 5.69 Å². The first kappa shape index (κ1) is 22.6. The predicted molar refractivity (Wildman–Crippen MR) is 127 cm³/mol. The molecule has 0 aliphatic carbocycles. The van der Waals surface area contributed by atoms with Crippen LogP contribution in [0.1, 0.15) is 21.5 Å². The van der Waals surface area contributed by atoms with E-state index in [1.165, 1.54) is 30.3 Å². The van der Waals surface area contributed by atoms with Crippen LogP contribution in [-0.4, -0.2) is 22.8 Å². The van der Waals surface area contributed by atoms with Crippen LogP contribution in [0, 0.1) is 10.1 Å². The van der Waals surface area contributed by atoms with Gasteiger partial charge in [0, 0.05) is 27.7 Å². The summed E-state index contributed by atoms with van der Waals surface area (Å²) in [5.41, 5.74) is 1.06. The van der Waals surface area contributed by atoms with Gasteiger partial charge in [0.05, 0.1) is 15.0 Å². The normalized spacial score (nSPS) is 14.1. The number of ether oxygens (including phenoxy) is 2. The van der Waals surface area contributed by atoms with Crippen LogP contribution >= 0.6 is 31.9 Å². The lowest BCUT2D eigenvalue weighted by molar-refractivity contribution is -0.384. The van der Waals surface area contributed by atoms with Crippen molar-refractivity contribution in [3.8, 4) is 5.75 Å². The molecule has 0 bridgehead atoms. The molecule has 3 aromatic carbocycles. The van der Waals surface area contributed by atoms with Gasteiger partial charge in [0.25, 0.3) is 5.69 Å². The summed E-state index contributed by atoms with van der Waals surface area (Å²) in [5, 5.41) is 10.8. The zero-order valence-corrected chi connectivity index (χ0v) is 19.7. The number of esters is 2. The van der Waals surface area contributed by atoms with Gasteiger partial charge in [0.1, 0.15) is 0 Å².